The molecule has 120 valence electrons. The highest BCUT2D eigenvalue weighted by Crippen LogP contribution is 2.22. The van der Waals surface area contributed by atoms with Crippen molar-refractivity contribution in [3.05, 3.63) is 39.3 Å². The lowest BCUT2D eigenvalue weighted by Crippen LogP contribution is -2.10. The minimum absolute atomic E-state index is 0.241. The van der Waals surface area contributed by atoms with E-state index in [1.54, 1.807) is 29.5 Å². The number of thiazole rings is 1. The molecule has 0 amide bonds. The molecule has 0 aliphatic carbocycles. The number of hydrogen-bond donors (Lipinski definition) is 2. The summed E-state index contributed by atoms with van der Waals surface area (Å²) < 4.78 is 23.9. The molecule has 1 heterocycles. The number of nitrogens with one attached hydrogen (secondary N) is 1. The van der Waals surface area contributed by atoms with E-state index in [9.17, 15) is 8.42 Å². The van der Waals surface area contributed by atoms with Gasteiger partial charge in [0.15, 0.2) is 9.84 Å². The number of aliphatic hydroxyl groups is 1. The summed E-state index contributed by atoms with van der Waals surface area (Å²) in [6, 6.07) is 4.96. The highest BCUT2D eigenvalue weighted by atomic mass is 32.2. The Bertz CT molecular complexity index is 748. The van der Waals surface area contributed by atoms with Crippen LogP contribution in [0.4, 0.5) is 5.69 Å². The third-order valence-corrected chi connectivity index (χ3v) is 6.18. The van der Waals surface area contributed by atoms with Gasteiger partial charge in [-0.3, -0.25) is 0 Å². The van der Waals surface area contributed by atoms with Gasteiger partial charge >= 0.3 is 0 Å². The number of aliphatic hydroxyl groups excluding tert-OH is 1. The fraction of sp³-hybridized carbons (Fsp3) is 0.400. The molecule has 2 rings (SSSR count). The molecule has 0 saturated heterocycles. The highest BCUT2D eigenvalue weighted by molar-refractivity contribution is 7.91. The van der Waals surface area contributed by atoms with Crippen molar-refractivity contribution in [3.63, 3.8) is 0 Å². The predicted molar refractivity (Wildman–Crippen MR) is 89.2 cm³/mol. The molecule has 0 aliphatic heterocycles. The first-order chi connectivity index (χ1) is 10.3. The maximum atomic E-state index is 11.9. The fourth-order valence-electron chi connectivity index (χ4n) is 2.05. The summed E-state index contributed by atoms with van der Waals surface area (Å²) in [5.74, 6) is -0.253. The van der Waals surface area contributed by atoms with Gasteiger partial charge in [-0.15, -0.1) is 11.3 Å². The van der Waals surface area contributed by atoms with Gasteiger partial charge in [-0.25, -0.2) is 13.4 Å². The van der Waals surface area contributed by atoms with E-state index < -0.39 is 9.84 Å². The third-order valence-electron chi connectivity index (χ3n) is 3.42. The first-order valence-corrected chi connectivity index (χ1v) is 9.41. The lowest BCUT2D eigenvalue weighted by Gasteiger charge is -2.10. The molecule has 0 atom stereocenters. The van der Waals surface area contributed by atoms with E-state index in [2.05, 4.69) is 10.3 Å². The Kier molecular flexibility index (Phi) is 5.20. The summed E-state index contributed by atoms with van der Waals surface area (Å²) in [4.78, 5) is 5.92. The van der Waals surface area contributed by atoms with Crippen LogP contribution in [0.1, 0.15) is 21.1 Å². The Hall–Kier alpha value is -1.44. The van der Waals surface area contributed by atoms with E-state index in [1.165, 1.54) is 4.88 Å². The van der Waals surface area contributed by atoms with Crippen LogP contribution in [-0.4, -0.2) is 30.9 Å². The molecule has 1 aromatic carbocycles. The summed E-state index contributed by atoms with van der Waals surface area (Å²) in [6.45, 7) is 6.13. The highest BCUT2D eigenvalue weighted by Gasteiger charge is 2.14. The van der Waals surface area contributed by atoms with Crippen molar-refractivity contribution < 1.29 is 13.5 Å². The predicted octanol–water partition coefficient (Wildman–Crippen LogP) is 2.45. The molecule has 0 bridgehead atoms. The molecule has 0 spiro atoms. The van der Waals surface area contributed by atoms with E-state index in [0.29, 0.717) is 6.54 Å². The average molecular weight is 340 g/mol. The van der Waals surface area contributed by atoms with Crippen molar-refractivity contribution in [1.29, 1.82) is 0 Å². The number of benzene rings is 1. The van der Waals surface area contributed by atoms with Gasteiger partial charge in [0.2, 0.25) is 0 Å². The smallest absolute Gasteiger partial charge is 0.180 e. The molecule has 0 fully saturated rings. The molecule has 1 aromatic heterocycles. The quantitative estimate of drug-likeness (QED) is 0.844. The van der Waals surface area contributed by atoms with Gasteiger partial charge < -0.3 is 10.4 Å². The normalized spacial score (nSPS) is 11.6. The maximum Gasteiger partial charge on any atom is 0.180 e. The zero-order valence-electron chi connectivity index (χ0n) is 12.9. The van der Waals surface area contributed by atoms with Gasteiger partial charge in [-0.2, -0.15) is 0 Å². The molecule has 0 saturated carbocycles. The first-order valence-electron chi connectivity index (χ1n) is 6.94. The van der Waals surface area contributed by atoms with Crippen LogP contribution in [0.15, 0.2) is 23.1 Å². The van der Waals surface area contributed by atoms with E-state index in [-0.39, 0.29) is 17.3 Å². The van der Waals surface area contributed by atoms with Gasteiger partial charge in [0.25, 0.3) is 0 Å². The SMILES string of the molecule is Cc1cc(S(=O)(=O)CCO)ccc1NCc1nc(C)c(C)s1. The lowest BCUT2D eigenvalue weighted by atomic mass is 10.2. The molecule has 22 heavy (non-hydrogen) atoms. The minimum atomic E-state index is -3.41. The summed E-state index contributed by atoms with van der Waals surface area (Å²) in [5, 5.41) is 13.1. The second-order valence-electron chi connectivity index (χ2n) is 5.12. The zero-order chi connectivity index (χ0) is 16.3. The zero-order valence-corrected chi connectivity index (χ0v) is 14.5. The number of aromatic nitrogens is 1. The molecule has 5 nitrogen and oxygen atoms in total. The van der Waals surface area contributed by atoms with Crippen LogP contribution < -0.4 is 5.32 Å². The first kappa shape index (κ1) is 16.9. The van der Waals surface area contributed by atoms with Crippen LogP contribution in [0.2, 0.25) is 0 Å². The van der Waals surface area contributed by atoms with Crippen molar-refractivity contribution in [2.75, 3.05) is 17.7 Å². The van der Waals surface area contributed by atoms with Crippen molar-refractivity contribution >= 4 is 26.9 Å². The van der Waals surface area contributed by atoms with Crippen molar-refractivity contribution in [1.82, 2.24) is 4.98 Å². The van der Waals surface area contributed by atoms with E-state index >= 15 is 0 Å². The van der Waals surface area contributed by atoms with Gasteiger partial charge in [-0.05, 0) is 44.5 Å². The molecule has 2 aromatic rings. The Morgan fingerprint density at radius 3 is 2.55 bits per heavy atom. The third kappa shape index (κ3) is 3.85. The Balaban J connectivity index is 2.13. The summed E-state index contributed by atoms with van der Waals surface area (Å²) in [5.41, 5.74) is 2.78. The van der Waals surface area contributed by atoms with E-state index in [0.717, 1.165) is 22.0 Å². The maximum absolute atomic E-state index is 11.9. The van der Waals surface area contributed by atoms with Crippen LogP contribution in [0, 0.1) is 20.8 Å². The van der Waals surface area contributed by atoms with Crippen LogP contribution in [0.25, 0.3) is 0 Å². The van der Waals surface area contributed by atoms with E-state index in [1.807, 2.05) is 20.8 Å². The fourth-order valence-corrected chi connectivity index (χ4v) is 4.03. The van der Waals surface area contributed by atoms with Crippen LogP contribution in [-0.2, 0) is 16.4 Å². The molecule has 0 aliphatic rings. The van der Waals surface area contributed by atoms with Crippen molar-refractivity contribution in [3.8, 4) is 0 Å². The van der Waals surface area contributed by atoms with E-state index in [4.69, 9.17) is 5.11 Å². The minimum Gasteiger partial charge on any atom is -0.395 e. The Morgan fingerprint density at radius 2 is 2.00 bits per heavy atom. The van der Waals surface area contributed by atoms with Gasteiger partial charge in [0.05, 0.1) is 29.5 Å². The standard InChI is InChI=1S/C15H20N2O3S2/c1-10-8-13(22(19,20)7-6-18)4-5-14(10)16-9-15-17-11(2)12(3)21-15/h4-5,8,16,18H,6-7,9H2,1-3H3. The lowest BCUT2D eigenvalue weighted by molar-refractivity contribution is 0.319. The average Bonchev–Trinajstić information content (AvgIpc) is 2.76. The van der Waals surface area contributed by atoms with Crippen LogP contribution in [0.5, 0.6) is 0 Å². The largest absolute Gasteiger partial charge is 0.395 e. The number of hydrogen-bond acceptors (Lipinski definition) is 6. The summed E-state index contributed by atoms with van der Waals surface area (Å²) in [6.07, 6.45) is 0. The molecule has 7 heteroatoms. The van der Waals surface area contributed by atoms with Crippen molar-refractivity contribution in [2.45, 2.75) is 32.2 Å². The summed E-state index contributed by atoms with van der Waals surface area (Å²) in [7, 11) is -3.41. The number of nitrogens with zero attached hydrogens (tertiary/aromatic N) is 1. The number of aryl methyl sites for hydroxylation is 3. The second-order valence-corrected chi connectivity index (χ2v) is 8.52. The monoisotopic (exact) mass is 340 g/mol. The molecule has 2 N–H and O–H groups in total. The molecular weight excluding hydrogens is 320 g/mol. The molecular formula is C15H20N2O3S2. The topological polar surface area (TPSA) is 79.3 Å². The van der Waals surface area contributed by atoms with Crippen LogP contribution in [0.3, 0.4) is 0 Å². The number of sulfone groups is 1. The Labute approximate surface area is 135 Å². The summed E-state index contributed by atoms with van der Waals surface area (Å²) >= 11 is 1.66. The molecule has 0 unspecified atom stereocenters. The second kappa shape index (κ2) is 6.76. The molecule has 0 radical (unpaired) electrons. The Morgan fingerprint density at radius 1 is 1.27 bits per heavy atom. The van der Waals surface area contributed by atoms with Gasteiger partial charge in [-0.1, -0.05) is 0 Å². The van der Waals surface area contributed by atoms with Crippen molar-refractivity contribution in [2.24, 2.45) is 0 Å². The van der Waals surface area contributed by atoms with Crippen LogP contribution >= 0.6 is 11.3 Å². The number of rotatable bonds is 6. The van der Waals surface area contributed by atoms with Gasteiger partial charge in [0.1, 0.15) is 5.01 Å². The van der Waals surface area contributed by atoms with Gasteiger partial charge in [0, 0.05) is 10.6 Å². The number of anilines is 1.